The van der Waals surface area contributed by atoms with Gasteiger partial charge >= 0.3 is 0 Å². The molecule has 0 amide bonds. The second-order valence-electron chi connectivity index (χ2n) is 13.9. The molecule has 0 aliphatic heterocycles. The van der Waals surface area contributed by atoms with Crippen molar-refractivity contribution in [1.82, 2.24) is 9.38 Å². The van der Waals surface area contributed by atoms with Crippen LogP contribution in [0.25, 0.3) is 113 Å². The van der Waals surface area contributed by atoms with Gasteiger partial charge in [0.25, 0.3) is 0 Å². The maximum absolute atomic E-state index is 5.21. The molecule has 0 saturated heterocycles. The minimum atomic E-state index is 1.02. The Hall–Kier alpha value is -6.55. The molecule has 0 fully saturated rings. The maximum Gasteiger partial charge on any atom is 0.0788 e. The number of rotatable bonds is 3. The first-order valence-electron chi connectivity index (χ1n) is 17.8. The van der Waals surface area contributed by atoms with E-state index in [1.165, 1.54) is 96.7 Å². The van der Waals surface area contributed by atoms with E-state index in [-0.39, 0.29) is 0 Å². The summed E-state index contributed by atoms with van der Waals surface area (Å²) in [7, 11) is 0. The number of para-hydroxylation sites is 3. The lowest BCUT2D eigenvalue weighted by atomic mass is 9.94. The van der Waals surface area contributed by atoms with Crippen LogP contribution in [0.2, 0.25) is 0 Å². The van der Waals surface area contributed by atoms with Crippen molar-refractivity contribution in [3.8, 4) is 33.5 Å². The van der Waals surface area contributed by atoms with E-state index in [4.69, 9.17) is 4.98 Å². The van der Waals surface area contributed by atoms with Crippen molar-refractivity contribution in [3.05, 3.63) is 170 Å². The third-order valence-electron chi connectivity index (χ3n) is 11.1. The molecule has 0 N–H and O–H groups in total. The first-order chi connectivity index (χ1) is 25.8. The number of benzene rings is 8. The SMILES string of the molecule is c1ccc(-c2nc3ccccc3c3c2ccc2sc4c(-c5cccc(-c6cc7c8ccccc8n8c9ccccc9c(c6)c78)c5)cccc4c23)cc1. The van der Waals surface area contributed by atoms with Crippen LogP contribution in [0.1, 0.15) is 0 Å². The van der Waals surface area contributed by atoms with E-state index in [1.54, 1.807) is 0 Å². The van der Waals surface area contributed by atoms with Gasteiger partial charge in [-0.05, 0) is 64.7 Å². The molecule has 4 aromatic heterocycles. The summed E-state index contributed by atoms with van der Waals surface area (Å²) in [6.07, 6.45) is 0. The standard InChI is InChI=1S/C49H28N2S/c1-2-12-29(13-3-1)47-37-24-25-44-46(45(37)36-18-4-7-21-41(36)50-47)38-20-11-19-33(49(38)52-44)31-15-10-14-30(26-31)32-27-39-34-16-5-8-22-42(34)51-43-23-9-6-17-35(43)40(28-32)48(39)51/h1-28H. The van der Waals surface area contributed by atoms with E-state index in [2.05, 4.69) is 174 Å². The number of nitrogens with zero attached hydrogens (tertiary/aromatic N) is 2. The van der Waals surface area contributed by atoms with Gasteiger partial charge in [0.2, 0.25) is 0 Å². The average Bonchev–Trinajstić information content (AvgIpc) is 3.88. The first-order valence-corrected chi connectivity index (χ1v) is 18.6. The van der Waals surface area contributed by atoms with E-state index in [0.29, 0.717) is 0 Å². The van der Waals surface area contributed by atoms with Gasteiger partial charge in [0.1, 0.15) is 0 Å². The van der Waals surface area contributed by atoms with Crippen molar-refractivity contribution in [2.75, 3.05) is 0 Å². The molecule has 2 nitrogen and oxygen atoms in total. The van der Waals surface area contributed by atoms with E-state index in [1.807, 2.05) is 11.3 Å². The van der Waals surface area contributed by atoms with Crippen molar-refractivity contribution in [2.24, 2.45) is 0 Å². The smallest absolute Gasteiger partial charge is 0.0788 e. The van der Waals surface area contributed by atoms with Crippen LogP contribution in [0, 0.1) is 0 Å². The van der Waals surface area contributed by atoms with Gasteiger partial charge in [0, 0.05) is 63.4 Å². The molecule has 0 saturated carbocycles. The topological polar surface area (TPSA) is 17.3 Å². The van der Waals surface area contributed by atoms with E-state index >= 15 is 0 Å². The minimum Gasteiger partial charge on any atom is -0.308 e. The van der Waals surface area contributed by atoms with Crippen LogP contribution >= 0.6 is 11.3 Å². The third kappa shape index (κ3) is 3.80. The lowest BCUT2D eigenvalue weighted by Gasteiger charge is -2.12. The monoisotopic (exact) mass is 676 g/mol. The van der Waals surface area contributed by atoms with Crippen LogP contribution in [-0.4, -0.2) is 9.38 Å². The molecule has 0 unspecified atom stereocenters. The molecule has 240 valence electrons. The van der Waals surface area contributed by atoms with Gasteiger partial charge in [-0.3, -0.25) is 0 Å². The molecule has 0 aliphatic carbocycles. The highest BCUT2D eigenvalue weighted by atomic mass is 32.1. The highest BCUT2D eigenvalue weighted by molar-refractivity contribution is 7.26. The second-order valence-corrected chi connectivity index (χ2v) is 14.9. The van der Waals surface area contributed by atoms with Crippen LogP contribution in [-0.2, 0) is 0 Å². The van der Waals surface area contributed by atoms with E-state index in [0.717, 1.165) is 16.8 Å². The number of pyridine rings is 1. The van der Waals surface area contributed by atoms with Gasteiger partial charge in [-0.2, -0.15) is 0 Å². The van der Waals surface area contributed by atoms with Crippen LogP contribution in [0.5, 0.6) is 0 Å². The summed E-state index contributed by atoms with van der Waals surface area (Å²) in [6, 6.07) is 62.2. The lowest BCUT2D eigenvalue weighted by molar-refractivity contribution is 1.37. The number of fused-ring (bicyclic) bond motifs is 13. The number of aromatic nitrogens is 2. The van der Waals surface area contributed by atoms with Gasteiger partial charge in [-0.15, -0.1) is 11.3 Å². The summed E-state index contributed by atoms with van der Waals surface area (Å²) < 4.78 is 5.06. The summed E-state index contributed by atoms with van der Waals surface area (Å²) in [5.41, 5.74) is 12.0. The molecular weight excluding hydrogens is 649 g/mol. The van der Waals surface area contributed by atoms with Crippen molar-refractivity contribution in [3.63, 3.8) is 0 Å². The average molecular weight is 677 g/mol. The Labute approximate surface area is 302 Å². The zero-order chi connectivity index (χ0) is 33.9. The van der Waals surface area contributed by atoms with Gasteiger partial charge in [-0.1, -0.05) is 127 Å². The summed E-state index contributed by atoms with van der Waals surface area (Å²) in [5, 5.41) is 11.5. The molecular formula is C49H28N2S. The predicted octanol–water partition coefficient (Wildman–Crippen LogP) is 13.9. The number of hydrogen-bond acceptors (Lipinski definition) is 2. The van der Waals surface area contributed by atoms with Gasteiger partial charge < -0.3 is 4.40 Å². The molecule has 12 aromatic rings. The van der Waals surface area contributed by atoms with Crippen LogP contribution in [0.4, 0.5) is 0 Å². The zero-order valence-corrected chi connectivity index (χ0v) is 28.8. The third-order valence-corrected chi connectivity index (χ3v) is 12.3. The predicted molar refractivity (Wildman–Crippen MR) is 223 cm³/mol. The molecule has 12 rings (SSSR count). The fourth-order valence-electron chi connectivity index (χ4n) is 8.86. The number of hydrogen-bond donors (Lipinski definition) is 0. The van der Waals surface area contributed by atoms with Gasteiger partial charge in [0.15, 0.2) is 0 Å². The maximum atomic E-state index is 5.21. The molecule has 8 aromatic carbocycles. The van der Waals surface area contributed by atoms with Crippen molar-refractivity contribution >= 4 is 91.3 Å². The van der Waals surface area contributed by atoms with Crippen LogP contribution in [0.3, 0.4) is 0 Å². The summed E-state index contributed by atoms with van der Waals surface area (Å²) >= 11 is 1.90. The molecule has 0 radical (unpaired) electrons. The largest absolute Gasteiger partial charge is 0.308 e. The Morgan fingerprint density at radius 1 is 0.404 bits per heavy atom. The van der Waals surface area contributed by atoms with Crippen LogP contribution < -0.4 is 0 Å². The highest BCUT2D eigenvalue weighted by Gasteiger charge is 2.20. The van der Waals surface area contributed by atoms with Crippen molar-refractivity contribution in [2.45, 2.75) is 0 Å². The Morgan fingerprint density at radius 3 is 1.83 bits per heavy atom. The fraction of sp³-hybridized carbons (Fsp3) is 0. The molecule has 52 heavy (non-hydrogen) atoms. The molecule has 0 bridgehead atoms. The molecule has 0 spiro atoms. The Kier molecular flexibility index (Phi) is 5.68. The Bertz CT molecular complexity index is 3320. The Morgan fingerprint density at radius 2 is 1.04 bits per heavy atom. The van der Waals surface area contributed by atoms with Crippen LogP contribution in [0.15, 0.2) is 170 Å². The van der Waals surface area contributed by atoms with Crippen molar-refractivity contribution in [1.29, 1.82) is 0 Å². The van der Waals surface area contributed by atoms with Gasteiger partial charge in [-0.25, -0.2) is 4.98 Å². The van der Waals surface area contributed by atoms with Crippen molar-refractivity contribution < 1.29 is 0 Å². The summed E-state index contributed by atoms with van der Waals surface area (Å²) in [6.45, 7) is 0. The molecule has 0 atom stereocenters. The first kappa shape index (κ1) is 28.2. The van der Waals surface area contributed by atoms with E-state index < -0.39 is 0 Å². The minimum absolute atomic E-state index is 1.02. The molecule has 0 aliphatic rings. The Balaban J connectivity index is 1.09. The number of thiophene rings is 1. The highest BCUT2D eigenvalue weighted by Crippen LogP contribution is 2.47. The quantitative estimate of drug-likeness (QED) is 0.170. The lowest BCUT2D eigenvalue weighted by Crippen LogP contribution is -1.90. The summed E-state index contributed by atoms with van der Waals surface area (Å²) in [5.74, 6) is 0. The van der Waals surface area contributed by atoms with E-state index in [9.17, 15) is 0 Å². The molecule has 4 heterocycles. The fourth-order valence-corrected chi connectivity index (χ4v) is 10.1. The molecule has 3 heteroatoms. The van der Waals surface area contributed by atoms with Gasteiger partial charge in [0.05, 0.1) is 27.8 Å². The normalized spacial score (nSPS) is 12.2. The second kappa shape index (κ2) is 10.5. The zero-order valence-electron chi connectivity index (χ0n) is 28.0. The summed E-state index contributed by atoms with van der Waals surface area (Å²) in [4.78, 5) is 5.21.